The molecular weight excluding hydrogens is 282 g/mol. The van der Waals surface area contributed by atoms with Crippen LogP contribution in [0.5, 0.6) is 0 Å². The average Bonchev–Trinajstić information content (AvgIpc) is 3.04. The summed E-state index contributed by atoms with van der Waals surface area (Å²) in [4.78, 5) is 19.0. The van der Waals surface area contributed by atoms with E-state index in [1.165, 1.54) is 5.56 Å². The van der Waals surface area contributed by atoms with Crippen molar-refractivity contribution >= 4 is 23.1 Å². The highest BCUT2D eigenvalue weighted by molar-refractivity contribution is 7.07. The summed E-state index contributed by atoms with van der Waals surface area (Å²) in [6.07, 6.45) is 2.61. The molecule has 0 saturated carbocycles. The van der Waals surface area contributed by atoms with Crippen LogP contribution >= 0.6 is 11.3 Å². The summed E-state index contributed by atoms with van der Waals surface area (Å²) in [7, 11) is 1.78. The molecule has 0 unspecified atom stereocenters. The Bertz CT molecular complexity index is 583. The molecule has 0 bridgehead atoms. The van der Waals surface area contributed by atoms with E-state index >= 15 is 0 Å². The quantitative estimate of drug-likeness (QED) is 0.886. The maximum absolute atomic E-state index is 12.9. The Morgan fingerprint density at radius 2 is 2.29 bits per heavy atom. The van der Waals surface area contributed by atoms with Crippen LogP contribution in [-0.4, -0.2) is 28.9 Å². The van der Waals surface area contributed by atoms with Crippen molar-refractivity contribution in [3.63, 3.8) is 0 Å². The van der Waals surface area contributed by atoms with Crippen LogP contribution in [-0.2, 0) is 6.54 Å². The first-order valence-electron chi connectivity index (χ1n) is 7.12. The number of thiophene rings is 1. The largest absolute Gasteiger partial charge is 0.372 e. The van der Waals surface area contributed by atoms with E-state index in [9.17, 15) is 4.79 Å². The average molecular weight is 303 g/mol. The molecule has 0 spiro atoms. The van der Waals surface area contributed by atoms with Gasteiger partial charge in [-0.1, -0.05) is 6.92 Å². The molecule has 2 heterocycles. The summed E-state index contributed by atoms with van der Waals surface area (Å²) in [5.41, 5.74) is 1.79. The molecule has 0 aliphatic carbocycles. The maximum atomic E-state index is 12.9. The summed E-state index contributed by atoms with van der Waals surface area (Å²) in [5, 5.41) is 7.12. The summed E-state index contributed by atoms with van der Waals surface area (Å²) in [6, 6.07) is 5.87. The second-order valence-corrected chi connectivity index (χ2v) is 5.75. The van der Waals surface area contributed by atoms with Gasteiger partial charge in [-0.15, -0.1) is 0 Å². The van der Waals surface area contributed by atoms with E-state index in [0.717, 1.165) is 6.42 Å². The van der Waals surface area contributed by atoms with Crippen LogP contribution in [0.4, 0.5) is 5.82 Å². The number of hydrogen-bond acceptors (Lipinski definition) is 4. The minimum atomic E-state index is 0.0213. The highest BCUT2D eigenvalue weighted by atomic mass is 32.1. The number of carbonyl (C=O) groups is 1. The zero-order chi connectivity index (χ0) is 15.2. The second-order valence-electron chi connectivity index (χ2n) is 4.97. The molecule has 1 N–H and O–H groups in total. The number of pyridine rings is 1. The van der Waals surface area contributed by atoms with Gasteiger partial charge in [-0.25, -0.2) is 4.98 Å². The van der Waals surface area contributed by atoms with Gasteiger partial charge >= 0.3 is 0 Å². The van der Waals surface area contributed by atoms with Crippen LogP contribution in [0.2, 0.25) is 0 Å². The maximum Gasteiger partial charge on any atom is 0.258 e. The van der Waals surface area contributed by atoms with Gasteiger partial charge in [-0.05, 0) is 47.9 Å². The Balaban J connectivity index is 2.29. The number of carbonyl (C=O) groups excluding carboxylic acids is 1. The third-order valence-corrected chi connectivity index (χ3v) is 4.32. The molecule has 112 valence electrons. The van der Waals surface area contributed by atoms with E-state index in [-0.39, 0.29) is 11.9 Å². The lowest BCUT2D eigenvalue weighted by molar-refractivity contribution is 0.0672. The van der Waals surface area contributed by atoms with Crippen LogP contribution < -0.4 is 5.32 Å². The number of amides is 1. The molecule has 2 rings (SSSR count). The highest BCUT2D eigenvalue weighted by Gasteiger charge is 2.23. The lowest BCUT2D eigenvalue weighted by Gasteiger charge is -2.29. The van der Waals surface area contributed by atoms with E-state index in [0.29, 0.717) is 17.9 Å². The van der Waals surface area contributed by atoms with E-state index in [2.05, 4.69) is 35.6 Å². The van der Waals surface area contributed by atoms with Gasteiger partial charge < -0.3 is 10.2 Å². The second kappa shape index (κ2) is 7.22. The van der Waals surface area contributed by atoms with E-state index in [4.69, 9.17) is 0 Å². The molecular formula is C16H21N3OS. The molecule has 1 atom stereocenters. The minimum Gasteiger partial charge on any atom is -0.372 e. The monoisotopic (exact) mass is 303 g/mol. The van der Waals surface area contributed by atoms with Gasteiger partial charge in [0.1, 0.15) is 5.82 Å². The molecule has 0 fully saturated rings. The number of nitrogens with one attached hydrogen (secondary N) is 1. The van der Waals surface area contributed by atoms with Gasteiger partial charge in [0.25, 0.3) is 5.91 Å². The van der Waals surface area contributed by atoms with E-state index < -0.39 is 0 Å². The van der Waals surface area contributed by atoms with Crippen molar-refractivity contribution in [1.82, 2.24) is 9.88 Å². The van der Waals surface area contributed by atoms with Crippen molar-refractivity contribution in [2.45, 2.75) is 32.9 Å². The summed E-state index contributed by atoms with van der Waals surface area (Å²) in [5.74, 6) is 0.647. The Kier molecular flexibility index (Phi) is 5.33. The van der Waals surface area contributed by atoms with Gasteiger partial charge in [-0.3, -0.25) is 4.79 Å². The summed E-state index contributed by atoms with van der Waals surface area (Å²) in [6.45, 7) is 4.82. The highest BCUT2D eigenvalue weighted by Crippen LogP contribution is 2.20. The molecule has 1 amide bonds. The summed E-state index contributed by atoms with van der Waals surface area (Å²) < 4.78 is 0. The van der Waals surface area contributed by atoms with Crippen molar-refractivity contribution in [2.75, 3.05) is 12.4 Å². The first kappa shape index (κ1) is 15.5. The van der Waals surface area contributed by atoms with Gasteiger partial charge in [0.05, 0.1) is 5.56 Å². The Labute approximate surface area is 129 Å². The number of rotatable bonds is 6. The predicted octanol–water partition coefficient (Wildman–Crippen LogP) is 3.63. The van der Waals surface area contributed by atoms with Crippen molar-refractivity contribution < 1.29 is 4.79 Å². The third kappa shape index (κ3) is 3.61. The molecule has 4 nitrogen and oxygen atoms in total. The number of nitrogens with zero attached hydrogens (tertiary/aromatic N) is 2. The molecule has 0 aromatic carbocycles. The fourth-order valence-electron chi connectivity index (χ4n) is 2.16. The fourth-order valence-corrected chi connectivity index (χ4v) is 2.82. The summed E-state index contributed by atoms with van der Waals surface area (Å²) >= 11 is 1.65. The van der Waals surface area contributed by atoms with Crippen LogP contribution in [0.1, 0.15) is 36.2 Å². The molecule has 0 aliphatic heterocycles. The molecule has 5 heteroatoms. The van der Waals surface area contributed by atoms with E-state index in [1.54, 1.807) is 30.6 Å². The molecule has 2 aromatic rings. The third-order valence-electron chi connectivity index (χ3n) is 3.59. The van der Waals surface area contributed by atoms with Gasteiger partial charge in [0.15, 0.2) is 0 Å². The van der Waals surface area contributed by atoms with Gasteiger partial charge in [-0.2, -0.15) is 11.3 Å². The number of anilines is 1. The predicted molar refractivity (Wildman–Crippen MR) is 87.7 cm³/mol. The zero-order valence-electron chi connectivity index (χ0n) is 12.7. The molecule has 0 aliphatic rings. The van der Waals surface area contributed by atoms with Crippen molar-refractivity contribution in [2.24, 2.45) is 0 Å². The topological polar surface area (TPSA) is 45.2 Å². The van der Waals surface area contributed by atoms with Crippen molar-refractivity contribution in [3.05, 3.63) is 46.3 Å². The minimum absolute atomic E-state index is 0.0213. The number of aromatic nitrogens is 1. The van der Waals surface area contributed by atoms with Crippen molar-refractivity contribution in [1.29, 1.82) is 0 Å². The fraction of sp³-hybridized carbons (Fsp3) is 0.375. The molecule has 21 heavy (non-hydrogen) atoms. The van der Waals surface area contributed by atoms with Gasteiger partial charge in [0.2, 0.25) is 0 Å². The molecule has 2 aromatic heterocycles. The van der Waals surface area contributed by atoms with Crippen molar-refractivity contribution in [3.8, 4) is 0 Å². The Morgan fingerprint density at radius 3 is 2.90 bits per heavy atom. The first-order chi connectivity index (χ1) is 10.2. The zero-order valence-corrected chi connectivity index (χ0v) is 13.5. The smallest absolute Gasteiger partial charge is 0.258 e. The first-order valence-corrected chi connectivity index (χ1v) is 8.06. The van der Waals surface area contributed by atoms with Crippen LogP contribution in [0.15, 0.2) is 35.2 Å². The number of hydrogen-bond donors (Lipinski definition) is 1. The lowest BCUT2D eigenvalue weighted by Crippen LogP contribution is -2.38. The van der Waals surface area contributed by atoms with Crippen LogP contribution in [0, 0.1) is 0 Å². The van der Waals surface area contributed by atoms with Gasteiger partial charge in [0, 0.05) is 25.8 Å². The molecule has 0 saturated heterocycles. The van der Waals surface area contributed by atoms with Crippen LogP contribution in [0.25, 0.3) is 0 Å². The SMILES string of the molecule is CC[C@@H](C)N(Cc1ccsc1)C(=O)c1cccnc1NC. The standard InChI is InChI=1S/C16H21N3OS/c1-4-12(2)19(10-13-7-9-21-11-13)16(20)14-6-5-8-18-15(14)17-3/h5-9,11-12H,4,10H2,1-3H3,(H,17,18)/t12-/m1/s1. The van der Waals surface area contributed by atoms with E-state index in [1.807, 2.05) is 16.3 Å². The normalized spacial score (nSPS) is 12.0. The van der Waals surface area contributed by atoms with Crippen LogP contribution in [0.3, 0.4) is 0 Å². The molecule has 0 radical (unpaired) electrons. The Hall–Kier alpha value is -1.88. The lowest BCUT2D eigenvalue weighted by atomic mass is 10.1. The Morgan fingerprint density at radius 1 is 1.48 bits per heavy atom.